The molecule has 4 heteroatoms. The first-order valence-corrected chi connectivity index (χ1v) is 6.50. The molecule has 2 aromatic rings. The predicted octanol–water partition coefficient (Wildman–Crippen LogP) is 3.56. The number of carbonyl (C=O) groups is 1. The summed E-state index contributed by atoms with van der Waals surface area (Å²) in [6.45, 7) is 1.98. The number of rotatable bonds is 2. The lowest BCUT2D eigenvalue weighted by atomic mass is 10.1. The van der Waals surface area contributed by atoms with E-state index in [-0.39, 0.29) is 17.2 Å². The monoisotopic (exact) mass is 353 g/mol. The molecule has 0 aliphatic carbocycles. The molecule has 0 bridgehead atoms. The number of aryl methyl sites for hydroxylation is 1. The molecular formula is C14H12INO2. The Labute approximate surface area is 119 Å². The van der Waals surface area contributed by atoms with Crippen molar-refractivity contribution >= 4 is 34.2 Å². The van der Waals surface area contributed by atoms with Gasteiger partial charge in [-0.15, -0.1) is 0 Å². The van der Waals surface area contributed by atoms with Gasteiger partial charge in [0.05, 0.1) is 5.56 Å². The van der Waals surface area contributed by atoms with Crippen molar-refractivity contribution < 1.29 is 9.90 Å². The molecule has 0 fully saturated rings. The average molecular weight is 353 g/mol. The number of halogens is 1. The molecule has 0 atom stereocenters. The maximum atomic E-state index is 12.0. The highest BCUT2D eigenvalue weighted by Gasteiger charge is 2.11. The zero-order chi connectivity index (χ0) is 13.1. The van der Waals surface area contributed by atoms with E-state index < -0.39 is 0 Å². The number of nitrogens with one attached hydrogen (secondary N) is 1. The molecule has 0 radical (unpaired) electrons. The Morgan fingerprint density at radius 3 is 2.50 bits per heavy atom. The standard InChI is InChI=1S/C14H12INO2/c1-9-2-5-11(6-3-9)16-14(18)12-8-10(15)4-7-13(12)17/h2-8,17H,1H3,(H,16,18). The van der Waals surface area contributed by atoms with Gasteiger partial charge in [-0.3, -0.25) is 4.79 Å². The smallest absolute Gasteiger partial charge is 0.259 e. The molecule has 1 amide bonds. The quantitative estimate of drug-likeness (QED) is 0.812. The topological polar surface area (TPSA) is 49.3 Å². The third-order valence-electron chi connectivity index (χ3n) is 2.51. The van der Waals surface area contributed by atoms with Gasteiger partial charge in [-0.25, -0.2) is 0 Å². The van der Waals surface area contributed by atoms with Crippen LogP contribution in [-0.4, -0.2) is 11.0 Å². The minimum Gasteiger partial charge on any atom is -0.507 e. The van der Waals surface area contributed by atoms with Gasteiger partial charge in [0.15, 0.2) is 0 Å². The summed E-state index contributed by atoms with van der Waals surface area (Å²) < 4.78 is 0.902. The van der Waals surface area contributed by atoms with Gasteiger partial charge in [-0.1, -0.05) is 17.7 Å². The van der Waals surface area contributed by atoms with Crippen LogP contribution in [0.25, 0.3) is 0 Å². The van der Waals surface area contributed by atoms with E-state index in [1.165, 1.54) is 6.07 Å². The van der Waals surface area contributed by atoms with E-state index in [0.717, 1.165) is 9.13 Å². The first kappa shape index (κ1) is 12.9. The molecule has 0 aromatic heterocycles. The molecule has 0 heterocycles. The highest BCUT2D eigenvalue weighted by atomic mass is 127. The summed E-state index contributed by atoms with van der Waals surface area (Å²) in [5, 5.41) is 12.4. The van der Waals surface area contributed by atoms with Crippen LogP contribution in [0.15, 0.2) is 42.5 Å². The lowest BCUT2D eigenvalue weighted by molar-refractivity contribution is 0.102. The van der Waals surface area contributed by atoms with E-state index in [1.807, 2.05) is 31.2 Å². The van der Waals surface area contributed by atoms with Gasteiger partial charge in [0.1, 0.15) is 5.75 Å². The second kappa shape index (κ2) is 5.39. The van der Waals surface area contributed by atoms with Crippen LogP contribution in [0.2, 0.25) is 0 Å². The van der Waals surface area contributed by atoms with Crippen molar-refractivity contribution in [3.8, 4) is 5.75 Å². The SMILES string of the molecule is Cc1ccc(NC(=O)c2cc(I)ccc2O)cc1. The first-order valence-electron chi connectivity index (χ1n) is 5.43. The molecule has 92 valence electrons. The van der Waals surface area contributed by atoms with Crippen LogP contribution in [0.5, 0.6) is 5.75 Å². The average Bonchev–Trinajstić information content (AvgIpc) is 2.35. The number of hydrogen-bond donors (Lipinski definition) is 2. The summed E-state index contributed by atoms with van der Waals surface area (Å²) in [4.78, 5) is 12.0. The van der Waals surface area contributed by atoms with Crippen LogP contribution in [0.1, 0.15) is 15.9 Å². The van der Waals surface area contributed by atoms with E-state index in [9.17, 15) is 9.90 Å². The Bertz CT molecular complexity index is 579. The maximum Gasteiger partial charge on any atom is 0.259 e. The van der Waals surface area contributed by atoms with Gasteiger partial charge < -0.3 is 10.4 Å². The number of phenols is 1. The molecule has 0 unspecified atom stereocenters. The van der Waals surface area contributed by atoms with E-state index in [1.54, 1.807) is 12.1 Å². The summed E-state index contributed by atoms with van der Waals surface area (Å²) >= 11 is 2.10. The van der Waals surface area contributed by atoms with Crippen LogP contribution < -0.4 is 5.32 Å². The third-order valence-corrected chi connectivity index (χ3v) is 3.18. The molecule has 3 nitrogen and oxygen atoms in total. The van der Waals surface area contributed by atoms with Crippen LogP contribution in [0, 0.1) is 10.5 Å². The maximum absolute atomic E-state index is 12.0. The van der Waals surface area contributed by atoms with Crippen molar-refractivity contribution in [1.29, 1.82) is 0 Å². The summed E-state index contributed by atoms with van der Waals surface area (Å²) in [6.07, 6.45) is 0. The normalized spacial score (nSPS) is 10.1. The second-order valence-electron chi connectivity index (χ2n) is 3.98. The Balaban J connectivity index is 2.21. The van der Waals surface area contributed by atoms with Gasteiger partial charge in [0.25, 0.3) is 5.91 Å². The number of benzene rings is 2. The van der Waals surface area contributed by atoms with Crippen molar-refractivity contribution in [1.82, 2.24) is 0 Å². The van der Waals surface area contributed by atoms with Crippen LogP contribution in [0.3, 0.4) is 0 Å². The Kier molecular flexibility index (Phi) is 3.86. The molecule has 0 saturated heterocycles. The zero-order valence-electron chi connectivity index (χ0n) is 9.77. The fourth-order valence-corrected chi connectivity index (χ4v) is 2.02. The fraction of sp³-hybridized carbons (Fsp3) is 0.0714. The minimum atomic E-state index is -0.310. The van der Waals surface area contributed by atoms with Crippen molar-refractivity contribution in [3.05, 3.63) is 57.2 Å². The van der Waals surface area contributed by atoms with Crippen LogP contribution >= 0.6 is 22.6 Å². The second-order valence-corrected chi connectivity index (χ2v) is 5.23. The highest BCUT2D eigenvalue weighted by Crippen LogP contribution is 2.21. The van der Waals surface area contributed by atoms with Gasteiger partial charge in [0, 0.05) is 9.26 Å². The zero-order valence-corrected chi connectivity index (χ0v) is 11.9. The lowest BCUT2D eigenvalue weighted by Crippen LogP contribution is -2.12. The predicted molar refractivity (Wildman–Crippen MR) is 80.0 cm³/mol. The largest absolute Gasteiger partial charge is 0.507 e. The van der Waals surface area contributed by atoms with Gasteiger partial charge in [0.2, 0.25) is 0 Å². The number of anilines is 1. The molecule has 2 rings (SSSR count). The molecule has 2 N–H and O–H groups in total. The van der Waals surface area contributed by atoms with Gasteiger partial charge in [-0.05, 0) is 59.8 Å². The molecule has 0 spiro atoms. The molecule has 0 saturated carbocycles. The number of carbonyl (C=O) groups excluding carboxylic acids is 1. The third kappa shape index (κ3) is 3.01. The molecule has 18 heavy (non-hydrogen) atoms. The Hall–Kier alpha value is -1.56. The number of amides is 1. The molecular weight excluding hydrogens is 341 g/mol. The van der Waals surface area contributed by atoms with Crippen molar-refractivity contribution in [2.75, 3.05) is 5.32 Å². The summed E-state index contributed by atoms with van der Waals surface area (Å²) in [7, 11) is 0. The van der Waals surface area contributed by atoms with Crippen molar-refractivity contribution in [2.45, 2.75) is 6.92 Å². The molecule has 2 aromatic carbocycles. The molecule has 0 aliphatic rings. The summed E-state index contributed by atoms with van der Waals surface area (Å²) in [5.74, 6) is -0.324. The van der Waals surface area contributed by atoms with E-state index in [0.29, 0.717) is 5.69 Å². The van der Waals surface area contributed by atoms with Gasteiger partial charge >= 0.3 is 0 Å². The highest BCUT2D eigenvalue weighted by molar-refractivity contribution is 14.1. The first-order chi connectivity index (χ1) is 8.56. The lowest BCUT2D eigenvalue weighted by Gasteiger charge is -2.07. The van der Waals surface area contributed by atoms with E-state index in [4.69, 9.17) is 0 Å². The summed E-state index contributed by atoms with van der Waals surface area (Å²) in [5.41, 5.74) is 2.12. The van der Waals surface area contributed by atoms with Gasteiger partial charge in [-0.2, -0.15) is 0 Å². The minimum absolute atomic E-state index is 0.0139. The van der Waals surface area contributed by atoms with E-state index >= 15 is 0 Å². The summed E-state index contributed by atoms with van der Waals surface area (Å²) in [6, 6.07) is 12.4. The van der Waals surface area contributed by atoms with Crippen molar-refractivity contribution in [3.63, 3.8) is 0 Å². The number of hydrogen-bond acceptors (Lipinski definition) is 2. The van der Waals surface area contributed by atoms with E-state index in [2.05, 4.69) is 27.9 Å². The van der Waals surface area contributed by atoms with Crippen molar-refractivity contribution in [2.24, 2.45) is 0 Å². The number of aromatic hydroxyl groups is 1. The number of phenolic OH excluding ortho intramolecular Hbond substituents is 1. The fourth-order valence-electron chi connectivity index (χ4n) is 1.53. The van der Waals surface area contributed by atoms with Crippen LogP contribution in [-0.2, 0) is 0 Å². The Morgan fingerprint density at radius 1 is 1.17 bits per heavy atom. The Morgan fingerprint density at radius 2 is 1.83 bits per heavy atom. The van der Waals surface area contributed by atoms with Crippen LogP contribution in [0.4, 0.5) is 5.69 Å². The molecule has 0 aliphatic heterocycles.